The van der Waals surface area contributed by atoms with Gasteiger partial charge in [-0.3, -0.25) is 4.79 Å². The number of nitrogens with zero attached hydrogens (tertiary/aromatic N) is 6. The van der Waals surface area contributed by atoms with Crippen molar-refractivity contribution >= 4 is 28.0 Å². The van der Waals surface area contributed by atoms with Crippen LogP contribution in [0.25, 0.3) is 5.65 Å². The Morgan fingerprint density at radius 2 is 1.87 bits per heavy atom. The molecule has 0 radical (unpaired) electrons. The molecule has 4 heterocycles. The van der Waals surface area contributed by atoms with Gasteiger partial charge in [0.25, 0.3) is 5.91 Å². The molecule has 0 aromatic carbocycles. The van der Waals surface area contributed by atoms with Gasteiger partial charge in [0.1, 0.15) is 0 Å². The molecule has 0 unspecified atom stereocenters. The number of carbonyl (C=O) groups excluding carboxylic acids is 1. The summed E-state index contributed by atoms with van der Waals surface area (Å²) in [5.74, 6) is -0.0530. The third kappa shape index (κ3) is 2.65. The smallest absolute Gasteiger partial charge is 0.276 e. The summed E-state index contributed by atoms with van der Waals surface area (Å²) in [6.07, 6.45) is 9.67. The van der Waals surface area contributed by atoms with Crippen molar-refractivity contribution < 1.29 is 4.79 Å². The lowest BCUT2D eigenvalue weighted by Gasteiger charge is -2.21. The Morgan fingerprint density at radius 3 is 2.70 bits per heavy atom. The fourth-order valence-electron chi connectivity index (χ4n) is 2.84. The first-order chi connectivity index (χ1) is 11.3. The Balaban J connectivity index is 1.54. The number of thiazole rings is 1. The maximum absolute atomic E-state index is 12.8. The van der Waals surface area contributed by atoms with Crippen molar-refractivity contribution in [3.8, 4) is 0 Å². The van der Waals surface area contributed by atoms with Crippen LogP contribution >= 0.6 is 11.3 Å². The average molecular weight is 328 g/mol. The highest BCUT2D eigenvalue weighted by atomic mass is 32.1. The highest BCUT2D eigenvalue weighted by Gasteiger charge is 2.24. The lowest BCUT2D eigenvalue weighted by Crippen LogP contribution is -2.36. The fourth-order valence-corrected chi connectivity index (χ4v) is 3.54. The van der Waals surface area contributed by atoms with Gasteiger partial charge >= 0.3 is 0 Å². The van der Waals surface area contributed by atoms with Crippen LogP contribution in [-0.2, 0) is 0 Å². The molecule has 1 fully saturated rings. The molecule has 0 saturated carbocycles. The molecule has 3 aromatic rings. The van der Waals surface area contributed by atoms with Gasteiger partial charge in [-0.05, 0) is 6.42 Å². The number of amides is 1. The molecule has 0 aliphatic carbocycles. The van der Waals surface area contributed by atoms with E-state index in [4.69, 9.17) is 0 Å². The molecule has 118 valence electrons. The van der Waals surface area contributed by atoms with Crippen LogP contribution in [0.15, 0.2) is 36.4 Å². The van der Waals surface area contributed by atoms with E-state index in [0.29, 0.717) is 17.9 Å². The zero-order valence-corrected chi connectivity index (χ0v) is 13.3. The van der Waals surface area contributed by atoms with E-state index >= 15 is 0 Å². The van der Waals surface area contributed by atoms with Crippen molar-refractivity contribution in [2.24, 2.45) is 0 Å². The van der Waals surface area contributed by atoms with Gasteiger partial charge in [0, 0.05) is 62.5 Å². The van der Waals surface area contributed by atoms with Crippen LogP contribution in [0.4, 0.5) is 5.13 Å². The van der Waals surface area contributed by atoms with Crippen LogP contribution in [0.5, 0.6) is 0 Å². The summed E-state index contributed by atoms with van der Waals surface area (Å²) in [6, 6.07) is 0. The molecule has 4 rings (SSSR count). The molecule has 1 saturated heterocycles. The van der Waals surface area contributed by atoms with Crippen molar-refractivity contribution in [3.63, 3.8) is 0 Å². The quantitative estimate of drug-likeness (QED) is 0.714. The highest BCUT2D eigenvalue weighted by molar-refractivity contribution is 7.13. The van der Waals surface area contributed by atoms with Crippen molar-refractivity contribution in [2.75, 3.05) is 31.1 Å². The molecule has 0 spiro atoms. The summed E-state index contributed by atoms with van der Waals surface area (Å²) in [5, 5.41) is 3.00. The predicted molar refractivity (Wildman–Crippen MR) is 87.8 cm³/mol. The number of aromatic nitrogens is 4. The van der Waals surface area contributed by atoms with Crippen molar-refractivity contribution in [3.05, 3.63) is 42.1 Å². The third-order valence-corrected chi connectivity index (χ3v) is 4.82. The number of imidazole rings is 1. The monoisotopic (exact) mass is 328 g/mol. The lowest BCUT2D eigenvalue weighted by atomic mass is 10.3. The number of anilines is 1. The molecule has 0 atom stereocenters. The van der Waals surface area contributed by atoms with Gasteiger partial charge < -0.3 is 14.2 Å². The fraction of sp³-hybridized carbons (Fsp3) is 0.333. The summed E-state index contributed by atoms with van der Waals surface area (Å²) < 4.78 is 1.82. The second-order valence-electron chi connectivity index (χ2n) is 5.38. The molecular formula is C15H16N6OS. The van der Waals surface area contributed by atoms with E-state index < -0.39 is 0 Å². The van der Waals surface area contributed by atoms with E-state index in [1.165, 1.54) is 0 Å². The Kier molecular flexibility index (Phi) is 3.66. The van der Waals surface area contributed by atoms with Crippen LogP contribution in [0.2, 0.25) is 0 Å². The largest absolute Gasteiger partial charge is 0.346 e. The van der Waals surface area contributed by atoms with E-state index in [-0.39, 0.29) is 5.91 Å². The minimum Gasteiger partial charge on any atom is -0.346 e. The lowest BCUT2D eigenvalue weighted by molar-refractivity contribution is 0.0762. The van der Waals surface area contributed by atoms with Gasteiger partial charge in [0.05, 0.1) is 0 Å². The van der Waals surface area contributed by atoms with Gasteiger partial charge in [0.2, 0.25) is 0 Å². The van der Waals surface area contributed by atoms with Crippen LogP contribution < -0.4 is 4.90 Å². The first-order valence-corrected chi connectivity index (χ1v) is 8.42. The van der Waals surface area contributed by atoms with Gasteiger partial charge in [-0.15, -0.1) is 11.3 Å². The van der Waals surface area contributed by atoms with E-state index in [0.717, 1.165) is 31.2 Å². The Morgan fingerprint density at radius 1 is 1.00 bits per heavy atom. The van der Waals surface area contributed by atoms with Gasteiger partial charge in [-0.2, -0.15) is 0 Å². The third-order valence-electron chi connectivity index (χ3n) is 3.99. The van der Waals surface area contributed by atoms with Crippen LogP contribution in [-0.4, -0.2) is 56.3 Å². The van der Waals surface area contributed by atoms with E-state index in [2.05, 4.69) is 19.9 Å². The zero-order valence-electron chi connectivity index (χ0n) is 12.5. The number of rotatable bonds is 2. The minimum absolute atomic E-state index is 0.0530. The van der Waals surface area contributed by atoms with Crippen LogP contribution in [0.3, 0.4) is 0 Å². The van der Waals surface area contributed by atoms with Crippen molar-refractivity contribution in [1.82, 2.24) is 24.3 Å². The molecule has 23 heavy (non-hydrogen) atoms. The molecule has 1 amide bonds. The number of carbonyl (C=O) groups is 1. The second-order valence-corrected chi connectivity index (χ2v) is 6.25. The average Bonchev–Trinajstić information content (AvgIpc) is 3.21. The molecule has 1 aliphatic heterocycles. The maximum Gasteiger partial charge on any atom is 0.276 e. The van der Waals surface area contributed by atoms with Crippen LogP contribution in [0.1, 0.15) is 16.9 Å². The molecule has 0 bridgehead atoms. The standard InChI is InChI=1S/C15H16N6OS/c22-14(12-13-17-3-8-19(13)7-2-16-12)20-5-1-6-21(10-9-20)15-18-4-11-23-15/h2-4,7-8,11H,1,5-6,9-10H2. The number of hydrogen-bond donors (Lipinski definition) is 0. The highest BCUT2D eigenvalue weighted by Crippen LogP contribution is 2.19. The van der Waals surface area contributed by atoms with E-state index in [9.17, 15) is 4.79 Å². The van der Waals surface area contributed by atoms with E-state index in [1.54, 1.807) is 29.9 Å². The second kappa shape index (κ2) is 5.96. The summed E-state index contributed by atoms with van der Waals surface area (Å²) in [5.41, 5.74) is 1.03. The molecule has 0 N–H and O–H groups in total. The zero-order chi connectivity index (χ0) is 15.6. The molecule has 3 aromatic heterocycles. The number of fused-ring (bicyclic) bond motifs is 1. The van der Waals surface area contributed by atoms with E-state index in [1.807, 2.05) is 27.1 Å². The van der Waals surface area contributed by atoms with Crippen molar-refractivity contribution in [1.29, 1.82) is 0 Å². The maximum atomic E-state index is 12.8. The molecule has 1 aliphatic rings. The Hall–Kier alpha value is -2.48. The van der Waals surface area contributed by atoms with Gasteiger partial charge in [-0.1, -0.05) is 0 Å². The molecule has 7 nitrogen and oxygen atoms in total. The normalized spacial score (nSPS) is 15.8. The van der Waals surface area contributed by atoms with Crippen LogP contribution in [0, 0.1) is 0 Å². The topological polar surface area (TPSA) is 66.6 Å². The summed E-state index contributed by atoms with van der Waals surface area (Å²) in [6.45, 7) is 3.10. The van der Waals surface area contributed by atoms with Gasteiger partial charge in [0.15, 0.2) is 16.5 Å². The Bertz CT molecular complexity index is 814. The van der Waals surface area contributed by atoms with Gasteiger partial charge in [-0.25, -0.2) is 15.0 Å². The minimum atomic E-state index is -0.0530. The summed E-state index contributed by atoms with van der Waals surface area (Å²) >= 11 is 1.63. The first kappa shape index (κ1) is 14.1. The summed E-state index contributed by atoms with van der Waals surface area (Å²) in [7, 11) is 0. The molecule has 8 heteroatoms. The SMILES string of the molecule is O=C(c1nccn2ccnc12)N1CCCN(c2nccs2)CC1. The Labute approximate surface area is 137 Å². The predicted octanol–water partition coefficient (Wildman–Crippen LogP) is 1.54. The van der Waals surface area contributed by atoms with Crippen molar-refractivity contribution in [2.45, 2.75) is 6.42 Å². The molecular weight excluding hydrogens is 312 g/mol. The number of hydrogen-bond acceptors (Lipinski definition) is 6. The summed E-state index contributed by atoms with van der Waals surface area (Å²) in [4.78, 5) is 29.8. The first-order valence-electron chi connectivity index (χ1n) is 7.54.